The summed E-state index contributed by atoms with van der Waals surface area (Å²) in [7, 11) is 0. The minimum atomic E-state index is 0.286. The number of rotatable bonds is 3. The van der Waals surface area contributed by atoms with Crippen molar-refractivity contribution >= 4 is 16.5 Å². The van der Waals surface area contributed by atoms with E-state index in [2.05, 4.69) is 27.1 Å². The summed E-state index contributed by atoms with van der Waals surface area (Å²) in [6.45, 7) is 7.61. The maximum Gasteiger partial charge on any atom is 0.185 e. The summed E-state index contributed by atoms with van der Waals surface area (Å²) in [5.41, 5.74) is 6.41. The van der Waals surface area contributed by atoms with Gasteiger partial charge in [-0.3, -0.25) is 4.90 Å². The molecule has 0 amide bonds. The lowest BCUT2D eigenvalue weighted by Crippen LogP contribution is -2.59. The molecule has 2 fully saturated rings. The summed E-state index contributed by atoms with van der Waals surface area (Å²) < 4.78 is 0. The Morgan fingerprint density at radius 3 is 2.74 bits per heavy atom. The number of aromatic nitrogens is 1. The van der Waals surface area contributed by atoms with Gasteiger partial charge in [-0.1, -0.05) is 6.92 Å². The summed E-state index contributed by atoms with van der Waals surface area (Å²) in [4.78, 5) is 9.47. The number of anilines is 1. The number of hydrogen-bond acceptors (Lipinski definition) is 5. The Bertz CT molecular complexity index is 400. The molecule has 4 nitrogen and oxygen atoms in total. The molecule has 5 heteroatoms. The average molecular weight is 280 g/mol. The molecule has 2 N–H and O–H groups in total. The highest BCUT2D eigenvalue weighted by Gasteiger charge is 2.42. The molecular weight excluding hydrogens is 256 g/mol. The molecule has 1 aromatic rings. The summed E-state index contributed by atoms with van der Waals surface area (Å²) >= 11 is 1.74. The van der Waals surface area contributed by atoms with Crippen molar-refractivity contribution in [1.29, 1.82) is 0 Å². The van der Waals surface area contributed by atoms with Gasteiger partial charge in [-0.05, 0) is 25.2 Å². The van der Waals surface area contributed by atoms with E-state index in [-0.39, 0.29) is 5.54 Å². The fourth-order valence-corrected chi connectivity index (χ4v) is 4.41. The highest BCUT2D eigenvalue weighted by Crippen LogP contribution is 2.39. The zero-order valence-corrected chi connectivity index (χ0v) is 12.5. The predicted molar refractivity (Wildman–Crippen MR) is 80.7 cm³/mol. The minimum absolute atomic E-state index is 0.286. The van der Waals surface area contributed by atoms with Crippen LogP contribution in [-0.4, -0.2) is 48.1 Å². The van der Waals surface area contributed by atoms with Gasteiger partial charge in [0.2, 0.25) is 0 Å². The van der Waals surface area contributed by atoms with Gasteiger partial charge in [0, 0.05) is 49.8 Å². The molecule has 2 heterocycles. The smallest absolute Gasteiger partial charge is 0.185 e. The standard InChI is InChI=1S/C14H24N4S/c1-12-2-3-14(10-12,11-15)18-7-5-17(6-8-18)13-16-4-9-19-13/h4,9,12H,2-3,5-8,10-11,15H2,1H3. The maximum atomic E-state index is 6.13. The van der Waals surface area contributed by atoms with Gasteiger partial charge in [0.25, 0.3) is 0 Å². The molecular formula is C14H24N4S. The second-order valence-electron chi connectivity index (χ2n) is 6.07. The van der Waals surface area contributed by atoms with Crippen LogP contribution < -0.4 is 10.6 Å². The van der Waals surface area contributed by atoms with Gasteiger partial charge in [-0.2, -0.15) is 0 Å². The topological polar surface area (TPSA) is 45.4 Å². The molecule has 3 rings (SSSR count). The fourth-order valence-electron chi connectivity index (χ4n) is 3.71. The van der Waals surface area contributed by atoms with Gasteiger partial charge >= 0.3 is 0 Å². The summed E-state index contributed by atoms with van der Waals surface area (Å²) in [6.07, 6.45) is 5.79. The van der Waals surface area contributed by atoms with Gasteiger partial charge in [-0.25, -0.2) is 4.98 Å². The molecule has 2 unspecified atom stereocenters. The highest BCUT2D eigenvalue weighted by atomic mass is 32.1. The summed E-state index contributed by atoms with van der Waals surface area (Å²) in [5.74, 6) is 0.834. The summed E-state index contributed by atoms with van der Waals surface area (Å²) in [6, 6.07) is 0. The van der Waals surface area contributed by atoms with E-state index in [4.69, 9.17) is 5.73 Å². The van der Waals surface area contributed by atoms with Crippen molar-refractivity contribution in [2.24, 2.45) is 11.7 Å². The minimum Gasteiger partial charge on any atom is -0.346 e. The van der Waals surface area contributed by atoms with Crippen LogP contribution in [0.4, 0.5) is 5.13 Å². The van der Waals surface area contributed by atoms with E-state index in [0.717, 1.165) is 38.6 Å². The monoisotopic (exact) mass is 280 g/mol. The lowest BCUT2D eigenvalue weighted by Gasteiger charge is -2.45. The molecule has 1 aliphatic carbocycles. The second-order valence-corrected chi connectivity index (χ2v) is 6.94. The largest absolute Gasteiger partial charge is 0.346 e. The van der Waals surface area contributed by atoms with Crippen molar-refractivity contribution < 1.29 is 0 Å². The molecule has 106 valence electrons. The third kappa shape index (κ3) is 2.51. The van der Waals surface area contributed by atoms with Crippen LogP contribution in [0.1, 0.15) is 26.2 Å². The lowest BCUT2D eigenvalue weighted by molar-refractivity contribution is 0.0888. The summed E-state index contributed by atoms with van der Waals surface area (Å²) in [5, 5.41) is 3.23. The highest BCUT2D eigenvalue weighted by molar-refractivity contribution is 7.13. The van der Waals surface area contributed by atoms with Crippen LogP contribution in [0.2, 0.25) is 0 Å². The van der Waals surface area contributed by atoms with E-state index in [9.17, 15) is 0 Å². The van der Waals surface area contributed by atoms with E-state index < -0.39 is 0 Å². The van der Waals surface area contributed by atoms with Crippen LogP contribution in [0.15, 0.2) is 11.6 Å². The molecule has 1 aromatic heterocycles. The van der Waals surface area contributed by atoms with Gasteiger partial charge in [0.05, 0.1) is 0 Å². The first-order valence-corrected chi connectivity index (χ1v) is 8.21. The van der Waals surface area contributed by atoms with E-state index in [1.807, 2.05) is 6.20 Å². The number of nitrogens with zero attached hydrogens (tertiary/aromatic N) is 3. The van der Waals surface area contributed by atoms with E-state index in [1.165, 1.54) is 24.4 Å². The molecule has 1 aliphatic heterocycles. The van der Waals surface area contributed by atoms with Crippen molar-refractivity contribution in [2.45, 2.75) is 31.7 Å². The molecule has 19 heavy (non-hydrogen) atoms. The van der Waals surface area contributed by atoms with Crippen molar-refractivity contribution in [3.63, 3.8) is 0 Å². The Hall–Kier alpha value is -0.650. The van der Waals surface area contributed by atoms with Crippen LogP contribution in [0, 0.1) is 5.92 Å². The van der Waals surface area contributed by atoms with Crippen molar-refractivity contribution in [3.8, 4) is 0 Å². The maximum absolute atomic E-state index is 6.13. The zero-order valence-electron chi connectivity index (χ0n) is 11.7. The van der Waals surface area contributed by atoms with Crippen LogP contribution in [0.5, 0.6) is 0 Å². The SMILES string of the molecule is CC1CCC(CN)(N2CCN(c3nccs3)CC2)C1. The van der Waals surface area contributed by atoms with Gasteiger partial charge in [-0.15, -0.1) is 11.3 Å². The molecule has 1 saturated heterocycles. The Labute approximate surface area is 119 Å². The van der Waals surface area contributed by atoms with Gasteiger partial charge in [0.15, 0.2) is 5.13 Å². The zero-order chi connectivity index (χ0) is 13.3. The number of hydrogen-bond donors (Lipinski definition) is 1. The second kappa shape index (κ2) is 5.38. The third-order valence-corrected chi connectivity index (χ3v) is 5.68. The first-order valence-electron chi connectivity index (χ1n) is 7.33. The molecule has 0 bridgehead atoms. The lowest BCUT2D eigenvalue weighted by atomic mass is 9.93. The Morgan fingerprint density at radius 2 is 2.21 bits per heavy atom. The van der Waals surface area contributed by atoms with Crippen LogP contribution in [-0.2, 0) is 0 Å². The Balaban J connectivity index is 1.63. The van der Waals surface area contributed by atoms with E-state index in [1.54, 1.807) is 11.3 Å². The van der Waals surface area contributed by atoms with Gasteiger partial charge in [0.1, 0.15) is 0 Å². The van der Waals surface area contributed by atoms with Crippen molar-refractivity contribution in [1.82, 2.24) is 9.88 Å². The predicted octanol–water partition coefficient (Wildman–Crippen LogP) is 1.78. The Kier molecular flexibility index (Phi) is 3.78. The van der Waals surface area contributed by atoms with Crippen LogP contribution in [0.3, 0.4) is 0 Å². The van der Waals surface area contributed by atoms with Gasteiger partial charge < -0.3 is 10.6 Å². The fraction of sp³-hybridized carbons (Fsp3) is 0.786. The number of nitrogens with two attached hydrogens (primary N) is 1. The first-order chi connectivity index (χ1) is 9.23. The molecule has 1 saturated carbocycles. The van der Waals surface area contributed by atoms with E-state index >= 15 is 0 Å². The van der Waals surface area contributed by atoms with Crippen molar-refractivity contribution in [2.75, 3.05) is 37.6 Å². The third-order valence-electron chi connectivity index (χ3n) is 4.85. The normalized spacial score (nSPS) is 32.9. The number of piperazine rings is 1. The van der Waals surface area contributed by atoms with Crippen molar-refractivity contribution in [3.05, 3.63) is 11.6 Å². The average Bonchev–Trinajstić information content (AvgIpc) is 3.09. The Morgan fingerprint density at radius 1 is 1.42 bits per heavy atom. The molecule has 0 spiro atoms. The molecule has 0 aromatic carbocycles. The quantitative estimate of drug-likeness (QED) is 0.917. The first kappa shape index (κ1) is 13.3. The molecule has 0 radical (unpaired) electrons. The van der Waals surface area contributed by atoms with Crippen LogP contribution >= 0.6 is 11.3 Å². The number of thiazole rings is 1. The van der Waals surface area contributed by atoms with E-state index in [0.29, 0.717) is 0 Å². The van der Waals surface area contributed by atoms with Crippen LogP contribution in [0.25, 0.3) is 0 Å². The molecule has 2 atom stereocenters. The molecule has 2 aliphatic rings.